The van der Waals surface area contributed by atoms with Crippen LogP contribution in [-0.2, 0) is 25.6 Å². The van der Waals surface area contributed by atoms with Gasteiger partial charge in [-0.25, -0.2) is 0 Å². The van der Waals surface area contributed by atoms with E-state index in [2.05, 4.69) is 0 Å². The zero-order chi connectivity index (χ0) is 12.7. The smallest absolute Gasteiger partial charge is 0.328 e. The minimum absolute atomic E-state index is 0.188. The molecule has 0 amide bonds. The molecule has 0 bridgehead atoms. The molecule has 94 valence electrons. The van der Waals surface area contributed by atoms with E-state index in [0.29, 0.717) is 0 Å². The number of nitrogens with two attached hydrogens (primary N) is 1. The van der Waals surface area contributed by atoms with Gasteiger partial charge in [-0.05, 0) is 5.56 Å². The number of hydrogen-bond acceptors (Lipinski definition) is 5. The molecule has 5 nitrogen and oxygen atoms in total. The lowest BCUT2D eigenvalue weighted by Crippen LogP contribution is -2.44. The quantitative estimate of drug-likeness (QED) is 0.583. The summed E-state index contributed by atoms with van der Waals surface area (Å²) in [6.45, 7) is 0.188. The molecule has 1 rings (SSSR count). The van der Waals surface area contributed by atoms with Crippen LogP contribution in [0.15, 0.2) is 30.3 Å². The van der Waals surface area contributed by atoms with Crippen molar-refractivity contribution in [2.24, 2.45) is 5.73 Å². The maximum atomic E-state index is 11.6. The van der Waals surface area contributed by atoms with Crippen LogP contribution in [0.1, 0.15) is 5.56 Å². The summed E-state index contributed by atoms with van der Waals surface area (Å²) >= 11 is 0. The zero-order valence-electron chi connectivity index (χ0n) is 9.96. The van der Waals surface area contributed by atoms with Crippen LogP contribution in [-0.4, -0.2) is 32.5 Å². The predicted molar refractivity (Wildman–Crippen MR) is 62.0 cm³/mol. The minimum atomic E-state index is -0.950. The molecule has 1 unspecified atom stereocenters. The van der Waals surface area contributed by atoms with Gasteiger partial charge < -0.3 is 19.9 Å². The molecule has 0 aliphatic rings. The fourth-order valence-electron chi connectivity index (χ4n) is 1.33. The van der Waals surface area contributed by atoms with Crippen LogP contribution >= 0.6 is 0 Å². The zero-order valence-corrected chi connectivity index (χ0v) is 9.96. The van der Waals surface area contributed by atoms with Crippen molar-refractivity contribution in [2.75, 3.05) is 14.2 Å². The fraction of sp³-hybridized carbons (Fsp3) is 0.417. The first-order valence-electron chi connectivity index (χ1n) is 5.20. The summed E-state index contributed by atoms with van der Waals surface area (Å²) in [7, 11) is 2.83. The Hall–Kier alpha value is -1.43. The van der Waals surface area contributed by atoms with Gasteiger partial charge in [-0.3, -0.25) is 4.79 Å². The molecule has 0 fully saturated rings. The molecule has 0 saturated heterocycles. The van der Waals surface area contributed by atoms with Gasteiger partial charge in [0.15, 0.2) is 12.3 Å². The molecule has 0 heterocycles. The van der Waals surface area contributed by atoms with E-state index in [9.17, 15) is 4.79 Å². The standard InChI is InChI=1S/C12H17NO4/c1-15-12(16-2)10(13)11(14)17-8-9-6-4-3-5-7-9/h3-7,10,12H,8,13H2,1-2H3. The average Bonchev–Trinajstić information content (AvgIpc) is 2.38. The largest absolute Gasteiger partial charge is 0.460 e. The third kappa shape index (κ3) is 4.14. The van der Waals surface area contributed by atoms with E-state index in [1.807, 2.05) is 30.3 Å². The second-order valence-corrected chi connectivity index (χ2v) is 3.46. The van der Waals surface area contributed by atoms with E-state index in [-0.39, 0.29) is 6.61 Å². The van der Waals surface area contributed by atoms with Gasteiger partial charge in [0.25, 0.3) is 0 Å². The molecule has 0 aromatic heterocycles. The molecule has 0 spiro atoms. The Labute approximate surface area is 100 Å². The number of ether oxygens (including phenoxy) is 3. The summed E-state index contributed by atoms with van der Waals surface area (Å²) in [4.78, 5) is 11.6. The van der Waals surface area contributed by atoms with Gasteiger partial charge in [0.2, 0.25) is 0 Å². The van der Waals surface area contributed by atoms with Crippen molar-refractivity contribution >= 4 is 5.97 Å². The monoisotopic (exact) mass is 239 g/mol. The van der Waals surface area contributed by atoms with Crippen LogP contribution in [0.3, 0.4) is 0 Å². The highest BCUT2D eigenvalue weighted by Gasteiger charge is 2.25. The van der Waals surface area contributed by atoms with Crippen molar-refractivity contribution in [3.8, 4) is 0 Å². The summed E-state index contributed by atoms with van der Waals surface area (Å²) in [6, 6.07) is 8.41. The maximum Gasteiger partial charge on any atom is 0.328 e. The Bertz CT molecular complexity index is 338. The number of esters is 1. The van der Waals surface area contributed by atoms with Crippen LogP contribution < -0.4 is 5.73 Å². The highest BCUT2D eigenvalue weighted by atomic mass is 16.7. The molecule has 0 saturated carbocycles. The van der Waals surface area contributed by atoms with E-state index in [0.717, 1.165) is 5.56 Å². The SMILES string of the molecule is COC(OC)C(N)C(=O)OCc1ccccc1. The van der Waals surface area contributed by atoms with Crippen LogP contribution in [0.4, 0.5) is 0 Å². The lowest BCUT2D eigenvalue weighted by atomic mass is 10.2. The van der Waals surface area contributed by atoms with Crippen LogP contribution in [0.2, 0.25) is 0 Å². The number of methoxy groups -OCH3 is 2. The van der Waals surface area contributed by atoms with Crippen molar-refractivity contribution in [3.05, 3.63) is 35.9 Å². The van der Waals surface area contributed by atoms with Gasteiger partial charge in [0.05, 0.1) is 0 Å². The predicted octanol–water partition coefficient (Wildman–Crippen LogP) is 0.676. The van der Waals surface area contributed by atoms with Crippen LogP contribution in [0.25, 0.3) is 0 Å². The Morgan fingerprint density at radius 2 is 1.82 bits per heavy atom. The third-order valence-corrected chi connectivity index (χ3v) is 2.25. The topological polar surface area (TPSA) is 70.8 Å². The first kappa shape index (κ1) is 13.6. The first-order chi connectivity index (χ1) is 8.19. The van der Waals surface area contributed by atoms with E-state index >= 15 is 0 Å². The lowest BCUT2D eigenvalue weighted by Gasteiger charge is -2.19. The average molecular weight is 239 g/mol. The van der Waals surface area contributed by atoms with Gasteiger partial charge in [-0.1, -0.05) is 30.3 Å². The van der Waals surface area contributed by atoms with Crippen molar-refractivity contribution in [1.82, 2.24) is 0 Å². The van der Waals surface area contributed by atoms with Crippen LogP contribution in [0.5, 0.6) is 0 Å². The summed E-state index contributed by atoms with van der Waals surface area (Å²) in [5, 5.41) is 0. The number of benzene rings is 1. The van der Waals surface area contributed by atoms with Gasteiger partial charge in [-0.2, -0.15) is 0 Å². The van der Waals surface area contributed by atoms with Crippen LogP contribution in [0, 0.1) is 0 Å². The third-order valence-electron chi connectivity index (χ3n) is 2.25. The van der Waals surface area contributed by atoms with Gasteiger partial charge in [-0.15, -0.1) is 0 Å². The summed E-state index contributed by atoms with van der Waals surface area (Å²) in [6.07, 6.45) is -0.793. The molecular weight excluding hydrogens is 222 g/mol. The summed E-state index contributed by atoms with van der Waals surface area (Å²) in [5.41, 5.74) is 6.52. The molecule has 0 radical (unpaired) electrons. The lowest BCUT2D eigenvalue weighted by molar-refractivity contribution is -0.165. The molecule has 1 aromatic carbocycles. The Morgan fingerprint density at radius 3 is 2.35 bits per heavy atom. The van der Waals surface area contributed by atoms with Crippen molar-refractivity contribution < 1.29 is 19.0 Å². The Morgan fingerprint density at radius 1 is 1.24 bits per heavy atom. The molecule has 5 heteroatoms. The van der Waals surface area contributed by atoms with Gasteiger partial charge in [0, 0.05) is 14.2 Å². The highest BCUT2D eigenvalue weighted by molar-refractivity contribution is 5.76. The number of carbonyl (C=O) groups excluding carboxylic acids is 1. The summed E-state index contributed by atoms with van der Waals surface area (Å²) in [5.74, 6) is -0.553. The normalized spacial score (nSPS) is 12.5. The molecule has 17 heavy (non-hydrogen) atoms. The molecule has 1 atom stereocenters. The Kier molecular flexibility index (Phi) is 5.62. The van der Waals surface area contributed by atoms with E-state index in [1.54, 1.807) is 0 Å². The van der Waals surface area contributed by atoms with Gasteiger partial charge in [0.1, 0.15) is 6.61 Å². The number of carbonyl (C=O) groups is 1. The molecule has 2 N–H and O–H groups in total. The maximum absolute atomic E-state index is 11.6. The Balaban J connectivity index is 2.44. The first-order valence-corrected chi connectivity index (χ1v) is 5.20. The van der Waals surface area contributed by atoms with E-state index in [1.165, 1.54) is 14.2 Å². The second-order valence-electron chi connectivity index (χ2n) is 3.46. The summed E-state index contributed by atoms with van der Waals surface area (Å²) < 4.78 is 14.8. The number of rotatable bonds is 6. The van der Waals surface area contributed by atoms with Crippen molar-refractivity contribution in [3.63, 3.8) is 0 Å². The second kappa shape index (κ2) is 7.01. The highest BCUT2D eigenvalue weighted by Crippen LogP contribution is 2.04. The molecule has 0 aliphatic heterocycles. The number of hydrogen-bond donors (Lipinski definition) is 1. The van der Waals surface area contributed by atoms with Gasteiger partial charge >= 0.3 is 5.97 Å². The van der Waals surface area contributed by atoms with E-state index in [4.69, 9.17) is 19.9 Å². The van der Waals surface area contributed by atoms with Crippen molar-refractivity contribution in [2.45, 2.75) is 18.9 Å². The minimum Gasteiger partial charge on any atom is -0.460 e. The van der Waals surface area contributed by atoms with E-state index < -0.39 is 18.3 Å². The van der Waals surface area contributed by atoms with Crippen molar-refractivity contribution in [1.29, 1.82) is 0 Å². The molecule has 1 aromatic rings. The molecule has 0 aliphatic carbocycles. The fourth-order valence-corrected chi connectivity index (χ4v) is 1.33. The molecular formula is C12H17NO4.